The molecule has 0 saturated carbocycles. The van der Waals surface area contributed by atoms with Crippen LogP contribution in [0, 0.1) is 0 Å². The first-order valence-electron chi connectivity index (χ1n) is 7.44. The van der Waals surface area contributed by atoms with Gasteiger partial charge >= 0.3 is 0 Å². The molecule has 1 N–H and O–H groups in total. The Kier molecular flexibility index (Phi) is 6.43. The molecular weight excluding hydrogens is 318 g/mol. The SMILES string of the molecule is Cl.O=c1cccnn1CCCNC[C@H]1COc2ccccc2O1. The lowest BCUT2D eigenvalue weighted by atomic mass is 10.2. The number of halogens is 1. The van der Waals surface area contributed by atoms with E-state index in [9.17, 15) is 4.79 Å². The summed E-state index contributed by atoms with van der Waals surface area (Å²) in [4.78, 5) is 11.5. The van der Waals surface area contributed by atoms with Gasteiger partial charge in [0.05, 0.1) is 0 Å². The topological polar surface area (TPSA) is 65.4 Å². The smallest absolute Gasteiger partial charge is 0.266 e. The molecule has 0 aliphatic carbocycles. The van der Waals surface area contributed by atoms with E-state index < -0.39 is 0 Å². The lowest BCUT2D eigenvalue weighted by molar-refractivity contribution is 0.0904. The predicted molar refractivity (Wildman–Crippen MR) is 89.6 cm³/mol. The first kappa shape index (κ1) is 17.3. The summed E-state index contributed by atoms with van der Waals surface area (Å²) in [5.41, 5.74) is -0.0666. The molecule has 23 heavy (non-hydrogen) atoms. The molecule has 1 aromatic carbocycles. The van der Waals surface area contributed by atoms with Crippen LogP contribution in [0.15, 0.2) is 47.4 Å². The number of nitrogens with zero attached hydrogens (tertiary/aromatic N) is 2. The third-order valence-corrected chi connectivity index (χ3v) is 3.45. The number of aryl methyl sites for hydroxylation is 1. The molecule has 3 rings (SSSR count). The largest absolute Gasteiger partial charge is 0.486 e. The zero-order chi connectivity index (χ0) is 15.2. The fraction of sp³-hybridized carbons (Fsp3) is 0.375. The number of rotatable bonds is 6. The van der Waals surface area contributed by atoms with Gasteiger partial charge in [-0.05, 0) is 31.2 Å². The molecule has 1 atom stereocenters. The second-order valence-corrected chi connectivity index (χ2v) is 5.14. The highest BCUT2D eigenvalue weighted by Gasteiger charge is 2.19. The first-order valence-corrected chi connectivity index (χ1v) is 7.44. The molecule has 6 nitrogen and oxygen atoms in total. The van der Waals surface area contributed by atoms with Crippen molar-refractivity contribution < 1.29 is 9.47 Å². The van der Waals surface area contributed by atoms with Gasteiger partial charge in [0, 0.05) is 25.4 Å². The van der Waals surface area contributed by atoms with Gasteiger partial charge in [0.2, 0.25) is 0 Å². The molecule has 124 valence electrons. The summed E-state index contributed by atoms with van der Waals surface area (Å²) in [6, 6.07) is 10.8. The standard InChI is InChI=1S/C16H19N3O3.ClH/c20-16-7-3-9-18-19(16)10-4-8-17-11-13-12-21-14-5-1-2-6-15(14)22-13;/h1-3,5-7,9,13,17H,4,8,10-12H2;1H/t13-;/m0./s1. The van der Waals surface area contributed by atoms with Crippen LogP contribution >= 0.6 is 12.4 Å². The van der Waals surface area contributed by atoms with Crippen LogP contribution < -0.4 is 20.3 Å². The highest BCUT2D eigenvalue weighted by Crippen LogP contribution is 2.30. The molecule has 2 aromatic rings. The van der Waals surface area contributed by atoms with E-state index in [1.54, 1.807) is 12.3 Å². The number of ether oxygens (including phenoxy) is 2. The number of fused-ring (bicyclic) bond motifs is 1. The van der Waals surface area contributed by atoms with Crippen LogP contribution in [0.1, 0.15) is 6.42 Å². The Morgan fingerprint density at radius 3 is 2.87 bits per heavy atom. The number of benzene rings is 1. The summed E-state index contributed by atoms with van der Waals surface area (Å²) in [6.07, 6.45) is 2.47. The van der Waals surface area contributed by atoms with E-state index in [2.05, 4.69) is 10.4 Å². The molecule has 0 spiro atoms. The number of hydrogen-bond acceptors (Lipinski definition) is 5. The van der Waals surface area contributed by atoms with Crippen molar-refractivity contribution >= 4 is 12.4 Å². The summed E-state index contributed by atoms with van der Waals surface area (Å²) >= 11 is 0. The predicted octanol–water partition coefficient (Wildman–Crippen LogP) is 1.48. The molecule has 2 heterocycles. The third kappa shape index (κ3) is 4.71. The van der Waals surface area contributed by atoms with Crippen molar-refractivity contribution in [3.8, 4) is 11.5 Å². The number of nitrogens with one attached hydrogen (secondary N) is 1. The number of aromatic nitrogens is 2. The minimum atomic E-state index is -0.0666. The Hall–Kier alpha value is -2.05. The first-order chi connectivity index (χ1) is 10.8. The minimum absolute atomic E-state index is 0. The fourth-order valence-electron chi connectivity index (χ4n) is 2.34. The summed E-state index contributed by atoms with van der Waals surface area (Å²) in [7, 11) is 0. The molecule has 0 unspecified atom stereocenters. The van der Waals surface area contributed by atoms with E-state index in [-0.39, 0.29) is 24.1 Å². The van der Waals surface area contributed by atoms with Gasteiger partial charge in [-0.3, -0.25) is 4.79 Å². The average Bonchev–Trinajstić information content (AvgIpc) is 2.56. The lowest BCUT2D eigenvalue weighted by Crippen LogP contribution is -2.39. The van der Waals surface area contributed by atoms with Crippen molar-refractivity contribution in [1.29, 1.82) is 0 Å². The highest BCUT2D eigenvalue weighted by molar-refractivity contribution is 5.85. The van der Waals surface area contributed by atoms with Gasteiger partial charge in [-0.2, -0.15) is 5.10 Å². The summed E-state index contributed by atoms with van der Waals surface area (Å²) in [6.45, 7) is 2.66. The van der Waals surface area contributed by atoms with Crippen molar-refractivity contribution in [1.82, 2.24) is 15.1 Å². The van der Waals surface area contributed by atoms with Crippen molar-refractivity contribution in [2.45, 2.75) is 19.1 Å². The van der Waals surface area contributed by atoms with Gasteiger partial charge in [0.1, 0.15) is 12.7 Å². The van der Waals surface area contributed by atoms with Gasteiger partial charge < -0.3 is 14.8 Å². The molecule has 1 aliphatic rings. The van der Waals surface area contributed by atoms with Crippen LogP contribution in [0.25, 0.3) is 0 Å². The Bertz CT molecular complexity index is 677. The summed E-state index contributed by atoms with van der Waals surface area (Å²) < 4.78 is 13.0. The molecule has 0 saturated heterocycles. The van der Waals surface area contributed by atoms with Crippen LogP contribution in [0.2, 0.25) is 0 Å². The Morgan fingerprint density at radius 1 is 1.22 bits per heavy atom. The normalized spacial score (nSPS) is 15.7. The van der Waals surface area contributed by atoms with Gasteiger partial charge in [-0.15, -0.1) is 12.4 Å². The van der Waals surface area contributed by atoms with E-state index in [0.29, 0.717) is 19.7 Å². The van der Waals surface area contributed by atoms with Crippen LogP contribution in [-0.4, -0.2) is 35.6 Å². The molecule has 0 radical (unpaired) electrons. The monoisotopic (exact) mass is 337 g/mol. The average molecular weight is 338 g/mol. The van der Waals surface area contributed by atoms with Crippen molar-refractivity contribution in [3.63, 3.8) is 0 Å². The maximum absolute atomic E-state index is 11.5. The van der Waals surface area contributed by atoms with E-state index in [4.69, 9.17) is 9.47 Å². The van der Waals surface area contributed by atoms with E-state index in [1.165, 1.54) is 10.7 Å². The summed E-state index contributed by atoms with van der Waals surface area (Å²) in [5.74, 6) is 1.59. The zero-order valence-corrected chi connectivity index (χ0v) is 13.5. The Morgan fingerprint density at radius 2 is 2.04 bits per heavy atom. The lowest BCUT2D eigenvalue weighted by Gasteiger charge is -2.26. The molecule has 7 heteroatoms. The Labute approximate surface area is 140 Å². The number of hydrogen-bond donors (Lipinski definition) is 1. The second kappa shape index (κ2) is 8.55. The highest BCUT2D eigenvalue weighted by atomic mass is 35.5. The molecule has 1 aliphatic heterocycles. The van der Waals surface area contributed by atoms with Crippen molar-refractivity contribution in [3.05, 3.63) is 52.9 Å². The molecule has 1 aromatic heterocycles. The van der Waals surface area contributed by atoms with E-state index in [1.807, 2.05) is 24.3 Å². The Balaban J connectivity index is 0.00000192. The van der Waals surface area contributed by atoms with Crippen molar-refractivity contribution in [2.75, 3.05) is 19.7 Å². The van der Waals surface area contributed by atoms with E-state index in [0.717, 1.165) is 24.5 Å². The van der Waals surface area contributed by atoms with Gasteiger partial charge in [-0.25, -0.2) is 4.68 Å². The van der Waals surface area contributed by atoms with Crippen LogP contribution in [0.4, 0.5) is 0 Å². The molecular formula is C16H20ClN3O3. The second-order valence-electron chi connectivity index (χ2n) is 5.14. The van der Waals surface area contributed by atoms with Crippen LogP contribution in [0.3, 0.4) is 0 Å². The maximum atomic E-state index is 11.5. The minimum Gasteiger partial charge on any atom is -0.486 e. The fourth-order valence-corrected chi connectivity index (χ4v) is 2.34. The van der Waals surface area contributed by atoms with Gasteiger partial charge in [-0.1, -0.05) is 12.1 Å². The van der Waals surface area contributed by atoms with Crippen molar-refractivity contribution in [2.24, 2.45) is 0 Å². The third-order valence-electron chi connectivity index (χ3n) is 3.45. The summed E-state index contributed by atoms with van der Waals surface area (Å²) in [5, 5.41) is 7.35. The number of para-hydroxylation sites is 2. The van der Waals surface area contributed by atoms with Crippen LogP contribution in [-0.2, 0) is 6.54 Å². The molecule has 0 bridgehead atoms. The maximum Gasteiger partial charge on any atom is 0.266 e. The zero-order valence-electron chi connectivity index (χ0n) is 12.7. The quantitative estimate of drug-likeness (QED) is 0.809. The van der Waals surface area contributed by atoms with Crippen LogP contribution in [0.5, 0.6) is 11.5 Å². The molecule has 0 amide bonds. The van der Waals surface area contributed by atoms with Gasteiger partial charge in [0.15, 0.2) is 11.5 Å². The molecule has 0 fully saturated rings. The van der Waals surface area contributed by atoms with Gasteiger partial charge in [0.25, 0.3) is 5.56 Å². The van der Waals surface area contributed by atoms with E-state index >= 15 is 0 Å².